The van der Waals surface area contributed by atoms with E-state index in [1.54, 1.807) is 24.3 Å². The first kappa shape index (κ1) is 18.3. The summed E-state index contributed by atoms with van der Waals surface area (Å²) in [6.45, 7) is 0.0257. The van der Waals surface area contributed by atoms with E-state index in [9.17, 15) is 19.7 Å². The lowest BCUT2D eigenvalue weighted by molar-refractivity contribution is -0.385. The Labute approximate surface area is 167 Å². The van der Waals surface area contributed by atoms with Crippen LogP contribution in [-0.2, 0) is 11.3 Å². The summed E-state index contributed by atoms with van der Waals surface area (Å²) in [5.41, 5.74) is 0.610. The van der Waals surface area contributed by atoms with Crippen LogP contribution in [0.3, 0.4) is 0 Å². The quantitative estimate of drug-likeness (QED) is 0.416. The number of benzene rings is 2. The minimum absolute atomic E-state index is 0.0356. The van der Waals surface area contributed by atoms with Gasteiger partial charge in [-0.05, 0) is 41.6 Å². The second-order valence-corrected chi connectivity index (χ2v) is 7.35. The van der Waals surface area contributed by atoms with Crippen molar-refractivity contribution >= 4 is 46.3 Å². The van der Waals surface area contributed by atoms with Crippen molar-refractivity contribution < 1.29 is 24.0 Å². The standard InChI is InChI=1S/C18H11ClN2O6S/c19-12-3-1-2-10(4-12)8-20-17(22)16(28-18(20)23)6-11-5-14-15(27-9-26-14)7-13(11)21(24)25/h1-7H,8-9H2/b16-6-. The van der Waals surface area contributed by atoms with Crippen LogP contribution in [0.25, 0.3) is 6.08 Å². The smallest absolute Gasteiger partial charge is 0.293 e. The number of fused-ring (bicyclic) bond motifs is 1. The summed E-state index contributed by atoms with van der Waals surface area (Å²) in [5, 5.41) is 11.4. The van der Waals surface area contributed by atoms with Gasteiger partial charge >= 0.3 is 0 Å². The lowest BCUT2D eigenvalue weighted by Crippen LogP contribution is -2.27. The van der Waals surface area contributed by atoms with E-state index in [1.165, 1.54) is 18.2 Å². The molecule has 2 aromatic rings. The van der Waals surface area contributed by atoms with Gasteiger partial charge in [0.15, 0.2) is 11.5 Å². The van der Waals surface area contributed by atoms with Crippen molar-refractivity contribution in [2.75, 3.05) is 6.79 Å². The van der Waals surface area contributed by atoms with Gasteiger partial charge in [-0.25, -0.2) is 0 Å². The molecule has 2 heterocycles. The van der Waals surface area contributed by atoms with Crippen LogP contribution < -0.4 is 9.47 Å². The summed E-state index contributed by atoms with van der Waals surface area (Å²) in [6, 6.07) is 9.49. The molecule has 1 saturated heterocycles. The second-order valence-electron chi connectivity index (χ2n) is 5.92. The lowest BCUT2D eigenvalue weighted by atomic mass is 10.1. The predicted octanol–water partition coefficient (Wildman–Crippen LogP) is 4.21. The third-order valence-corrected chi connectivity index (χ3v) is 5.25. The van der Waals surface area contributed by atoms with Crippen LogP contribution in [0.15, 0.2) is 41.3 Å². The maximum Gasteiger partial charge on any atom is 0.293 e. The third kappa shape index (κ3) is 3.41. The number of rotatable bonds is 4. The zero-order valence-electron chi connectivity index (χ0n) is 14.1. The number of nitro benzene ring substituents is 1. The highest BCUT2D eigenvalue weighted by atomic mass is 35.5. The Morgan fingerprint density at radius 2 is 1.96 bits per heavy atom. The molecule has 0 N–H and O–H groups in total. The fraction of sp³-hybridized carbons (Fsp3) is 0.111. The van der Waals surface area contributed by atoms with Crippen molar-refractivity contribution in [2.45, 2.75) is 6.54 Å². The van der Waals surface area contributed by atoms with Crippen molar-refractivity contribution in [1.82, 2.24) is 4.90 Å². The van der Waals surface area contributed by atoms with E-state index >= 15 is 0 Å². The van der Waals surface area contributed by atoms with Gasteiger partial charge in [0.25, 0.3) is 16.8 Å². The van der Waals surface area contributed by atoms with Crippen LogP contribution in [-0.4, -0.2) is 27.8 Å². The molecule has 2 aliphatic rings. The first-order chi connectivity index (χ1) is 13.4. The highest BCUT2D eigenvalue weighted by molar-refractivity contribution is 8.18. The number of halogens is 1. The van der Waals surface area contributed by atoms with E-state index in [2.05, 4.69) is 0 Å². The first-order valence-corrected chi connectivity index (χ1v) is 9.19. The minimum Gasteiger partial charge on any atom is -0.454 e. The zero-order chi connectivity index (χ0) is 19.8. The summed E-state index contributed by atoms with van der Waals surface area (Å²) in [6.07, 6.45) is 1.32. The summed E-state index contributed by atoms with van der Waals surface area (Å²) < 4.78 is 10.4. The van der Waals surface area contributed by atoms with Crippen molar-refractivity contribution in [3.05, 3.63) is 67.6 Å². The van der Waals surface area contributed by atoms with Crippen molar-refractivity contribution in [3.8, 4) is 11.5 Å². The Balaban J connectivity index is 1.65. The van der Waals surface area contributed by atoms with Gasteiger partial charge in [-0.3, -0.25) is 24.6 Å². The van der Waals surface area contributed by atoms with E-state index < -0.39 is 16.1 Å². The molecule has 0 radical (unpaired) electrons. The molecular weight excluding hydrogens is 408 g/mol. The van der Waals surface area contributed by atoms with Crippen LogP contribution >= 0.6 is 23.4 Å². The van der Waals surface area contributed by atoms with Gasteiger partial charge in [0, 0.05) is 5.02 Å². The molecular formula is C18H11ClN2O6S. The number of nitrogens with zero attached hydrogens (tertiary/aromatic N) is 2. The van der Waals surface area contributed by atoms with Gasteiger partial charge in [0.05, 0.1) is 28.0 Å². The number of ether oxygens (including phenoxy) is 2. The Morgan fingerprint density at radius 1 is 1.21 bits per heavy atom. The molecule has 2 amide bonds. The molecule has 0 aromatic heterocycles. The molecule has 0 saturated carbocycles. The molecule has 2 aromatic carbocycles. The molecule has 142 valence electrons. The first-order valence-electron chi connectivity index (χ1n) is 8.00. The van der Waals surface area contributed by atoms with Gasteiger partial charge in [-0.2, -0.15) is 0 Å². The van der Waals surface area contributed by atoms with Gasteiger partial charge in [0.1, 0.15) is 0 Å². The summed E-state index contributed by atoms with van der Waals surface area (Å²) in [4.78, 5) is 36.9. The number of carbonyl (C=O) groups is 2. The summed E-state index contributed by atoms with van der Waals surface area (Å²) in [7, 11) is 0. The van der Waals surface area contributed by atoms with E-state index in [-0.39, 0.29) is 35.2 Å². The van der Waals surface area contributed by atoms with Crippen molar-refractivity contribution in [2.24, 2.45) is 0 Å². The fourth-order valence-corrected chi connectivity index (χ4v) is 3.86. The van der Waals surface area contributed by atoms with Crippen molar-refractivity contribution in [1.29, 1.82) is 0 Å². The molecule has 8 nitrogen and oxygen atoms in total. The normalized spacial score (nSPS) is 16.9. The molecule has 1 fully saturated rings. The molecule has 0 aliphatic carbocycles. The van der Waals surface area contributed by atoms with Crippen molar-refractivity contribution in [3.63, 3.8) is 0 Å². The molecule has 0 spiro atoms. The largest absolute Gasteiger partial charge is 0.454 e. The highest BCUT2D eigenvalue weighted by Crippen LogP contribution is 2.41. The van der Waals surface area contributed by atoms with E-state index in [4.69, 9.17) is 21.1 Å². The number of nitro groups is 1. The van der Waals surface area contributed by atoms with Gasteiger partial charge < -0.3 is 9.47 Å². The Bertz CT molecular complexity index is 1050. The summed E-state index contributed by atoms with van der Waals surface area (Å²) in [5.74, 6) is 0.0786. The summed E-state index contributed by atoms with van der Waals surface area (Å²) >= 11 is 6.67. The number of imide groups is 1. The molecule has 10 heteroatoms. The SMILES string of the molecule is O=C1S/C(=C\c2cc3c(cc2[N+](=O)[O-])OCO3)C(=O)N1Cc1cccc(Cl)c1. The fourth-order valence-electron chi connectivity index (χ4n) is 2.82. The third-order valence-electron chi connectivity index (χ3n) is 4.11. The molecule has 0 atom stereocenters. The van der Waals surface area contributed by atoms with Gasteiger partial charge in [-0.1, -0.05) is 23.7 Å². The monoisotopic (exact) mass is 418 g/mol. The number of carbonyl (C=O) groups excluding carboxylic acids is 2. The number of thioether (sulfide) groups is 1. The number of amides is 2. The molecule has 4 rings (SSSR count). The zero-order valence-corrected chi connectivity index (χ0v) is 15.7. The number of hydrogen-bond donors (Lipinski definition) is 0. The van der Waals surface area contributed by atoms with Crippen LogP contribution in [0, 0.1) is 10.1 Å². The van der Waals surface area contributed by atoms with E-state index in [1.807, 2.05) is 0 Å². The predicted molar refractivity (Wildman–Crippen MR) is 102 cm³/mol. The maximum atomic E-state index is 12.7. The average molecular weight is 419 g/mol. The Hall–Kier alpha value is -3.04. The highest BCUT2D eigenvalue weighted by Gasteiger charge is 2.36. The Morgan fingerprint density at radius 3 is 2.68 bits per heavy atom. The van der Waals surface area contributed by atoms with Crippen LogP contribution in [0.2, 0.25) is 5.02 Å². The number of hydrogen-bond acceptors (Lipinski definition) is 7. The topological polar surface area (TPSA) is 99.0 Å². The van der Waals surface area contributed by atoms with Gasteiger partial charge in [-0.15, -0.1) is 0 Å². The maximum absolute atomic E-state index is 12.7. The van der Waals surface area contributed by atoms with Gasteiger partial charge in [0.2, 0.25) is 6.79 Å². The van der Waals surface area contributed by atoms with E-state index in [0.717, 1.165) is 16.7 Å². The minimum atomic E-state index is -0.579. The molecule has 0 bridgehead atoms. The Kier molecular flexibility index (Phi) is 4.70. The molecule has 2 aliphatic heterocycles. The average Bonchev–Trinajstić information content (AvgIpc) is 3.20. The second kappa shape index (κ2) is 7.17. The lowest BCUT2D eigenvalue weighted by Gasteiger charge is -2.12. The van der Waals surface area contributed by atoms with Crippen LogP contribution in [0.4, 0.5) is 10.5 Å². The van der Waals surface area contributed by atoms with Crippen LogP contribution in [0.5, 0.6) is 11.5 Å². The molecule has 28 heavy (non-hydrogen) atoms. The van der Waals surface area contributed by atoms with Crippen LogP contribution in [0.1, 0.15) is 11.1 Å². The molecule has 0 unspecified atom stereocenters. The van der Waals surface area contributed by atoms with E-state index in [0.29, 0.717) is 16.3 Å².